The van der Waals surface area contributed by atoms with E-state index in [1.54, 1.807) is 31.1 Å². The second-order valence-corrected chi connectivity index (χ2v) is 7.81. The summed E-state index contributed by atoms with van der Waals surface area (Å²) in [7, 11) is 3.29. The number of aromatic nitrogens is 1. The lowest BCUT2D eigenvalue weighted by atomic mass is 10.1. The molecule has 30 heavy (non-hydrogen) atoms. The third kappa shape index (κ3) is 5.29. The molecular weight excluding hydrogens is 415 g/mol. The van der Waals surface area contributed by atoms with Crippen molar-refractivity contribution < 1.29 is 22.7 Å². The zero-order valence-corrected chi connectivity index (χ0v) is 17.4. The standard InChI is InChI=1S/C21H20F3N3O2S/c1-13-25-15(12-30-13)11-29-17-6-4-5-14(9-17)20(28)26-19-8-7-16(27(2)3)10-18(19)21(22,23)24/h4-10,12H,11H2,1-3H3,(H,26,28). The van der Waals surface area contributed by atoms with Crippen molar-refractivity contribution in [3.05, 3.63) is 69.7 Å². The molecule has 1 N–H and O–H groups in total. The Labute approximate surface area is 176 Å². The lowest BCUT2D eigenvalue weighted by Crippen LogP contribution is -2.18. The van der Waals surface area contributed by atoms with Crippen LogP contribution in [0, 0.1) is 6.92 Å². The van der Waals surface area contributed by atoms with E-state index in [4.69, 9.17) is 4.74 Å². The Morgan fingerprint density at radius 2 is 1.97 bits per heavy atom. The first-order valence-corrected chi connectivity index (χ1v) is 9.85. The van der Waals surface area contributed by atoms with E-state index in [0.29, 0.717) is 11.4 Å². The highest BCUT2D eigenvalue weighted by Crippen LogP contribution is 2.37. The van der Waals surface area contributed by atoms with E-state index in [9.17, 15) is 18.0 Å². The molecule has 0 aliphatic carbocycles. The van der Waals surface area contributed by atoms with Crippen LogP contribution in [-0.4, -0.2) is 25.0 Å². The Hall–Kier alpha value is -3.07. The highest BCUT2D eigenvalue weighted by Gasteiger charge is 2.34. The van der Waals surface area contributed by atoms with Crippen molar-refractivity contribution in [3.63, 3.8) is 0 Å². The lowest BCUT2D eigenvalue weighted by molar-refractivity contribution is -0.136. The maximum absolute atomic E-state index is 13.5. The third-order valence-corrected chi connectivity index (χ3v) is 5.04. The molecule has 3 rings (SSSR count). The molecule has 5 nitrogen and oxygen atoms in total. The third-order valence-electron chi connectivity index (χ3n) is 4.22. The monoisotopic (exact) mass is 435 g/mol. The number of aryl methyl sites for hydroxylation is 1. The van der Waals surface area contributed by atoms with Gasteiger partial charge in [0.05, 0.1) is 22.0 Å². The van der Waals surface area contributed by atoms with Gasteiger partial charge < -0.3 is 15.0 Å². The van der Waals surface area contributed by atoms with Crippen molar-refractivity contribution in [3.8, 4) is 5.75 Å². The van der Waals surface area contributed by atoms with Gasteiger partial charge in [0.1, 0.15) is 12.4 Å². The van der Waals surface area contributed by atoms with Crippen LogP contribution in [-0.2, 0) is 12.8 Å². The molecule has 0 unspecified atom stereocenters. The Kier molecular flexibility index (Phi) is 6.31. The van der Waals surface area contributed by atoms with Gasteiger partial charge in [-0.1, -0.05) is 6.07 Å². The number of ether oxygens (including phenoxy) is 1. The Balaban J connectivity index is 1.77. The predicted molar refractivity (Wildman–Crippen MR) is 111 cm³/mol. The van der Waals surface area contributed by atoms with Gasteiger partial charge in [0, 0.05) is 30.7 Å². The van der Waals surface area contributed by atoms with E-state index in [1.807, 2.05) is 12.3 Å². The van der Waals surface area contributed by atoms with Crippen LogP contribution in [0.25, 0.3) is 0 Å². The number of halogens is 3. The van der Waals surface area contributed by atoms with E-state index in [0.717, 1.165) is 16.8 Å². The molecule has 0 bridgehead atoms. The molecule has 9 heteroatoms. The molecule has 1 heterocycles. The predicted octanol–water partition coefficient (Wildman–Crippen LogP) is 5.37. The van der Waals surface area contributed by atoms with Gasteiger partial charge in [0.25, 0.3) is 5.91 Å². The lowest BCUT2D eigenvalue weighted by Gasteiger charge is -2.19. The van der Waals surface area contributed by atoms with Crippen molar-refractivity contribution >= 4 is 28.6 Å². The zero-order valence-electron chi connectivity index (χ0n) is 16.6. The van der Waals surface area contributed by atoms with Gasteiger partial charge in [0.2, 0.25) is 0 Å². The maximum Gasteiger partial charge on any atom is 0.418 e. The molecule has 0 saturated heterocycles. The molecular formula is C21H20F3N3O2S. The smallest absolute Gasteiger partial charge is 0.418 e. The van der Waals surface area contributed by atoms with E-state index < -0.39 is 17.6 Å². The van der Waals surface area contributed by atoms with Crippen LogP contribution in [0.15, 0.2) is 47.8 Å². The molecule has 158 valence electrons. The fourth-order valence-corrected chi connectivity index (χ4v) is 3.30. The van der Waals surface area contributed by atoms with Crippen LogP contribution in [0.3, 0.4) is 0 Å². The van der Waals surface area contributed by atoms with Crippen LogP contribution in [0.1, 0.15) is 26.6 Å². The van der Waals surface area contributed by atoms with Gasteiger partial charge in [-0.2, -0.15) is 13.2 Å². The van der Waals surface area contributed by atoms with Crippen LogP contribution in [0.2, 0.25) is 0 Å². The number of hydrogen-bond acceptors (Lipinski definition) is 5. The van der Waals surface area contributed by atoms with E-state index in [2.05, 4.69) is 10.3 Å². The van der Waals surface area contributed by atoms with E-state index in [1.165, 1.54) is 35.6 Å². The summed E-state index contributed by atoms with van der Waals surface area (Å²) in [6, 6.07) is 10.0. The maximum atomic E-state index is 13.5. The highest BCUT2D eigenvalue weighted by atomic mass is 32.1. The number of amides is 1. The molecule has 0 spiro atoms. The first-order chi connectivity index (χ1) is 14.1. The highest BCUT2D eigenvalue weighted by molar-refractivity contribution is 7.09. The summed E-state index contributed by atoms with van der Waals surface area (Å²) in [4.78, 5) is 18.4. The zero-order chi connectivity index (χ0) is 21.9. The molecule has 0 aliphatic rings. The molecule has 0 saturated carbocycles. The van der Waals surface area contributed by atoms with Gasteiger partial charge in [-0.15, -0.1) is 11.3 Å². The molecule has 0 radical (unpaired) electrons. The van der Waals surface area contributed by atoms with Crippen molar-refractivity contribution in [1.82, 2.24) is 4.98 Å². The molecule has 1 aromatic heterocycles. The molecule has 0 aliphatic heterocycles. The van der Waals surface area contributed by atoms with Crippen LogP contribution in [0.4, 0.5) is 24.5 Å². The second-order valence-electron chi connectivity index (χ2n) is 6.75. The fourth-order valence-electron chi connectivity index (χ4n) is 2.71. The molecule has 0 atom stereocenters. The number of benzene rings is 2. The summed E-state index contributed by atoms with van der Waals surface area (Å²) in [6.07, 6.45) is -4.61. The first kappa shape index (κ1) is 21.6. The van der Waals surface area contributed by atoms with Gasteiger partial charge >= 0.3 is 6.18 Å². The number of anilines is 2. The minimum atomic E-state index is -4.61. The van der Waals surface area contributed by atoms with Gasteiger partial charge in [-0.3, -0.25) is 4.79 Å². The molecule has 1 amide bonds. The van der Waals surface area contributed by atoms with Crippen molar-refractivity contribution in [2.45, 2.75) is 19.7 Å². The number of alkyl halides is 3. The molecule has 2 aromatic carbocycles. The summed E-state index contributed by atoms with van der Waals surface area (Å²) < 4.78 is 46.1. The van der Waals surface area contributed by atoms with Crippen LogP contribution >= 0.6 is 11.3 Å². The SMILES string of the molecule is Cc1nc(COc2cccc(C(=O)Nc3ccc(N(C)C)cc3C(F)(F)F)c2)cs1. The topological polar surface area (TPSA) is 54.5 Å². The largest absolute Gasteiger partial charge is 0.487 e. The average molecular weight is 435 g/mol. The number of nitrogens with zero attached hydrogens (tertiary/aromatic N) is 2. The van der Waals surface area contributed by atoms with Crippen molar-refractivity contribution in [2.75, 3.05) is 24.3 Å². The van der Waals surface area contributed by atoms with E-state index >= 15 is 0 Å². The molecule has 3 aromatic rings. The van der Waals surface area contributed by atoms with Gasteiger partial charge in [-0.05, 0) is 43.3 Å². The fraction of sp³-hybridized carbons (Fsp3) is 0.238. The second kappa shape index (κ2) is 8.74. The Bertz CT molecular complexity index is 1050. The minimum absolute atomic E-state index is 0.187. The quantitative estimate of drug-likeness (QED) is 0.566. The van der Waals surface area contributed by atoms with Gasteiger partial charge in [0.15, 0.2) is 0 Å². The summed E-state index contributed by atoms with van der Waals surface area (Å²) in [5.41, 5.74) is 0.124. The average Bonchev–Trinajstić information content (AvgIpc) is 3.11. The summed E-state index contributed by atoms with van der Waals surface area (Å²) in [5, 5.41) is 5.16. The number of rotatable bonds is 6. The summed E-state index contributed by atoms with van der Waals surface area (Å²) in [6.45, 7) is 2.12. The summed E-state index contributed by atoms with van der Waals surface area (Å²) >= 11 is 1.50. The number of carbonyl (C=O) groups is 1. The van der Waals surface area contributed by atoms with Crippen molar-refractivity contribution in [1.29, 1.82) is 0 Å². The normalized spacial score (nSPS) is 11.3. The first-order valence-electron chi connectivity index (χ1n) is 8.97. The van der Waals surface area contributed by atoms with Crippen molar-refractivity contribution in [2.24, 2.45) is 0 Å². The van der Waals surface area contributed by atoms with Crippen LogP contribution < -0.4 is 15.0 Å². The number of carbonyl (C=O) groups excluding carboxylic acids is 1. The number of nitrogens with one attached hydrogen (secondary N) is 1. The number of thiazole rings is 1. The minimum Gasteiger partial charge on any atom is -0.487 e. The van der Waals surface area contributed by atoms with Gasteiger partial charge in [-0.25, -0.2) is 4.98 Å². The van der Waals surface area contributed by atoms with Crippen LogP contribution in [0.5, 0.6) is 5.75 Å². The Morgan fingerprint density at radius 1 is 1.20 bits per heavy atom. The molecule has 0 fully saturated rings. The van der Waals surface area contributed by atoms with E-state index in [-0.39, 0.29) is 17.9 Å². The Morgan fingerprint density at radius 3 is 2.60 bits per heavy atom. The summed E-state index contributed by atoms with van der Waals surface area (Å²) in [5.74, 6) is -0.236. The number of hydrogen-bond donors (Lipinski definition) is 1.